The van der Waals surface area contributed by atoms with Crippen LogP contribution in [0.3, 0.4) is 0 Å². The molecule has 0 N–H and O–H groups in total. The van der Waals surface area contributed by atoms with Gasteiger partial charge in [-0.05, 0) is 22.7 Å². The Morgan fingerprint density at radius 2 is 0.786 bits per heavy atom. The van der Waals surface area contributed by atoms with Gasteiger partial charge in [0, 0.05) is 37.0 Å². The van der Waals surface area contributed by atoms with E-state index in [-0.39, 0.29) is 22.6 Å². The summed E-state index contributed by atoms with van der Waals surface area (Å²) in [5.41, 5.74) is -1.07. The van der Waals surface area contributed by atoms with Crippen LogP contribution in [0.2, 0.25) is 0 Å². The van der Waals surface area contributed by atoms with Gasteiger partial charge < -0.3 is 9.80 Å². The molecule has 0 bridgehead atoms. The number of hydrogen-bond acceptors (Lipinski definition) is 2. The molecule has 0 saturated carbocycles. The zero-order valence-electron chi connectivity index (χ0n) is 20.7. The summed E-state index contributed by atoms with van der Waals surface area (Å²) in [6, 6.07) is 0. The third-order valence-electron chi connectivity index (χ3n) is 9.03. The third-order valence-corrected chi connectivity index (χ3v) is 9.03. The van der Waals surface area contributed by atoms with Crippen LogP contribution in [0.15, 0.2) is 0 Å². The maximum Gasteiger partial charge on any atom is 0.228 e. The largest absolute Gasteiger partial charge is 0.339 e. The van der Waals surface area contributed by atoms with Crippen LogP contribution in [0.1, 0.15) is 83.1 Å². The molecule has 0 aromatic heterocycles. The van der Waals surface area contributed by atoms with Crippen LogP contribution in [-0.4, -0.2) is 47.8 Å². The second-order valence-electron chi connectivity index (χ2n) is 11.6. The molecule has 0 unspecified atom stereocenters. The first-order valence-corrected chi connectivity index (χ1v) is 11.0. The maximum absolute atomic E-state index is 13.3. The Hall–Kier alpha value is -1.06. The van der Waals surface area contributed by atoms with Crippen LogP contribution in [0.25, 0.3) is 0 Å². The van der Waals surface area contributed by atoms with E-state index < -0.39 is 10.8 Å². The lowest BCUT2D eigenvalue weighted by atomic mass is 9.61. The Labute approximate surface area is 174 Å². The van der Waals surface area contributed by atoms with Gasteiger partial charge in [-0.2, -0.15) is 0 Å². The number of piperazine rings is 1. The summed E-state index contributed by atoms with van der Waals surface area (Å²) in [7, 11) is 0. The summed E-state index contributed by atoms with van der Waals surface area (Å²) in [6.45, 7) is 28.3. The topological polar surface area (TPSA) is 40.6 Å². The Kier molecular flexibility index (Phi) is 7.13. The molecule has 1 aliphatic rings. The van der Waals surface area contributed by atoms with E-state index in [1.165, 1.54) is 0 Å². The highest BCUT2D eigenvalue weighted by Gasteiger charge is 2.49. The predicted molar refractivity (Wildman–Crippen MR) is 118 cm³/mol. The van der Waals surface area contributed by atoms with Crippen LogP contribution in [0.4, 0.5) is 0 Å². The summed E-state index contributed by atoms with van der Waals surface area (Å²) in [5.74, 6) is 1.24. The fourth-order valence-electron chi connectivity index (χ4n) is 3.90. The normalized spacial score (nSPS) is 17.5. The van der Waals surface area contributed by atoms with Crippen molar-refractivity contribution in [3.63, 3.8) is 0 Å². The molecule has 0 atom stereocenters. The minimum absolute atomic E-state index is 0.0969. The molecule has 0 aromatic carbocycles. The van der Waals surface area contributed by atoms with E-state index in [9.17, 15) is 9.59 Å². The van der Waals surface area contributed by atoms with E-state index in [4.69, 9.17) is 0 Å². The minimum Gasteiger partial charge on any atom is -0.339 e. The number of carbonyl (C=O) groups is 2. The molecule has 28 heavy (non-hydrogen) atoms. The first kappa shape index (κ1) is 25.0. The van der Waals surface area contributed by atoms with E-state index in [1.807, 2.05) is 9.80 Å². The molecule has 4 heteroatoms. The molecule has 0 radical (unpaired) electrons. The van der Waals surface area contributed by atoms with Crippen LogP contribution in [0.5, 0.6) is 0 Å². The Morgan fingerprint density at radius 1 is 0.571 bits per heavy atom. The lowest BCUT2D eigenvalue weighted by Gasteiger charge is -2.49. The number of hydrogen-bond donors (Lipinski definition) is 0. The fourth-order valence-corrected chi connectivity index (χ4v) is 3.90. The second-order valence-corrected chi connectivity index (χ2v) is 11.6. The number of carbonyl (C=O) groups excluding carboxylic acids is 2. The monoisotopic (exact) mass is 394 g/mol. The van der Waals surface area contributed by atoms with Crippen molar-refractivity contribution in [3.05, 3.63) is 0 Å². The fraction of sp³-hybridized carbons (Fsp3) is 0.917. The molecule has 164 valence electrons. The lowest BCUT2D eigenvalue weighted by Crippen LogP contribution is -2.59. The van der Waals surface area contributed by atoms with E-state index in [0.717, 1.165) is 0 Å². The molecule has 0 spiro atoms. The van der Waals surface area contributed by atoms with Gasteiger partial charge in [-0.3, -0.25) is 9.59 Å². The van der Waals surface area contributed by atoms with Crippen molar-refractivity contribution < 1.29 is 9.59 Å². The highest BCUT2D eigenvalue weighted by atomic mass is 16.2. The van der Waals surface area contributed by atoms with Gasteiger partial charge in [-0.15, -0.1) is 0 Å². The second kappa shape index (κ2) is 7.99. The molecule has 1 heterocycles. The highest BCUT2D eigenvalue weighted by Crippen LogP contribution is 2.47. The molecule has 0 aromatic rings. The van der Waals surface area contributed by atoms with Crippen molar-refractivity contribution in [2.75, 3.05) is 26.2 Å². The quantitative estimate of drug-likeness (QED) is 0.631. The van der Waals surface area contributed by atoms with Gasteiger partial charge in [-0.25, -0.2) is 0 Å². The maximum atomic E-state index is 13.3. The SMILES string of the molecule is CC(C)C(C)(C)C(C)(C)C(=O)N1CCN(C(=O)C(C)(C)C(C)(C)C(C)C)CC1. The molecule has 4 nitrogen and oxygen atoms in total. The van der Waals surface area contributed by atoms with Crippen molar-refractivity contribution >= 4 is 11.8 Å². The van der Waals surface area contributed by atoms with Crippen LogP contribution in [-0.2, 0) is 9.59 Å². The van der Waals surface area contributed by atoms with Crippen LogP contribution < -0.4 is 0 Å². The molecule has 1 saturated heterocycles. The molecule has 1 rings (SSSR count). The average Bonchev–Trinajstić information content (AvgIpc) is 2.59. The van der Waals surface area contributed by atoms with E-state index in [1.54, 1.807) is 0 Å². The summed E-state index contributed by atoms with van der Waals surface area (Å²) in [6.07, 6.45) is 0. The number of rotatable bonds is 6. The summed E-state index contributed by atoms with van der Waals surface area (Å²) in [5, 5.41) is 0. The minimum atomic E-state index is -0.438. The van der Waals surface area contributed by atoms with E-state index in [0.29, 0.717) is 38.0 Å². The standard InChI is InChI=1S/C24H46N2O2/c1-17(2)21(5,6)23(9,10)19(27)25-13-15-26(16-14-25)20(28)24(11,12)22(7,8)18(3)4/h17-18H,13-16H2,1-12H3. The first-order chi connectivity index (χ1) is 12.4. The number of amides is 2. The van der Waals surface area contributed by atoms with Gasteiger partial charge in [0.2, 0.25) is 11.8 Å². The van der Waals surface area contributed by atoms with Crippen molar-refractivity contribution in [1.29, 1.82) is 0 Å². The smallest absolute Gasteiger partial charge is 0.228 e. The Morgan fingerprint density at radius 3 is 0.964 bits per heavy atom. The zero-order valence-corrected chi connectivity index (χ0v) is 20.7. The Bertz CT molecular complexity index is 525. The molecular weight excluding hydrogens is 348 g/mol. The van der Waals surface area contributed by atoms with Crippen molar-refractivity contribution in [2.24, 2.45) is 33.5 Å². The summed E-state index contributed by atoms with van der Waals surface area (Å²) in [4.78, 5) is 30.6. The van der Waals surface area contributed by atoms with Crippen LogP contribution >= 0.6 is 0 Å². The first-order valence-electron chi connectivity index (χ1n) is 11.0. The van der Waals surface area contributed by atoms with Gasteiger partial charge >= 0.3 is 0 Å². The molecule has 1 fully saturated rings. The van der Waals surface area contributed by atoms with Gasteiger partial charge in [0.15, 0.2) is 0 Å². The molecule has 1 aliphatic heterocycles. The van der Waals surface area contributed by atoms with Crippen molar-refractivity contribution in [2.45, 2.75) is 83.1 Å². The molecule has 2 amide bonds. The van der Waals surface area contributed by atoms with E-state index >= 15 is 0 Å². The highest BCUT2D eigenvalue weighted by molar-refractivity contribution is 5.85. The number of nitrogens with zero attached hydrogens (tertiary/aromatic N) is 2. The van der Waals surface area contributed by atoms with Crippen molar-refractivity contribution in [1.82, 2.24) is 9.80 Å². The van der Waals surface area contributed by atoms with Gasteiger partial charge in [0.05, 0.1) is 0 Å². The summed E-state index contributed by atoms with van der Waals surface area (Å²) < 4.78 is 0. The van der Waals surface area contributed by atoms with E-state index in [2.05, 4.69) is 83.1 Å². The molecular formula is C24H46N2O2. The van der Waals surface area contributed by atoms with Gasteiger partial charge in [0.25, 0.3) is 0 Å². The average molecular weight is 395 g/mol. The van der Waals surface area contributed by atoms with Gasteiger partial charge in [-0.1, -0.05) is 83.1 Å². The summed E-state index contributed by atoms with van der Waals surface area (Å²) >= 11 is 0. The lowest BCUT2D eigenvalue weighted by molar-refractivity contribution is -0.158. The molecule has 0 aliphatic carbocycles. The van der Waals surface area contributed by atoms with Crippen molar-refractivity contribution in [3.8, 4) is 0 Å². The van der Waals surface area contributed by atoms with Gasteiger partial charge in [0.1, 0.15) is 0 Å². The zero-order chi connectivity index (χ0) is 22.3. The van der Waals surface area contributed by atoms with Crippen LogP contribution in [0, 0.1) is 33.5 Å². The predicted octanol–water partition coefficient (Wildman–Crippen LogP) is 5.07. The Balaban J connectivity index is 2.88. The third kappa shape index (κ3) is 4.11.